The van der Waals surface area contributed by atoms with Gasteiger partial charge in [-0.15, -0.1) is 0 Å². The Morgan fingerprint density at radius 3 is 2.03 bits per heavy atom. The van der Waals surface area contributed by atoms with Crippen molar-refractivity contribution in [3.63, 3.8) is 0 Å². The second-order valence-electron chi connectivity index (χ2n) is 6.74. The zero-order chi connectivity index (χ0) is 22.1. The number of hydrogen-bond acceptors (Lipinski definition) is 6. The van der Waals surface area contributed by atoms with Gasteiger partial charge in [-0.05, 0) is 23.3 Å². The number of carbonyl (C=O) groups excluding carboxylic acids is 2. The molecule has 0 saturated carbocycles. The molecule has 1 fully saturated rings. The lowest BCUT2D eigenvalue weighted by Crippen LogP contribution is -2.37. The third kappa shape index (κ3) is 6.60. The number of methoxy groups -OCH3 is 1. The molecule has 1 heterocycles. The molecule has 2 aromatic carbocycles. The Balaban J connectivity index is 1.57. The molecule has 4 atom stereocenters. The van der Waals surface area contributed by atoms with Crippen molar-refractivity contribution in [1.29, 1.82) is 0 Å². The molecule has 0 amide bonds. The highest BCUT2D eigenvalue weighted by molar-refractivity contribution is 5.87. The number of alkyl halides is 1. The van der Waals surface area contributed by atoms with Crippen LogP contribution in [0, 0.1) is 0 Å². The van der Waals surface area contributed by atoms with Gasteiger partial charge in [0, 0.05) is 19.3 Å². The van der Waals surface area contributed by atoms with Crippen LogP contribution in [0.25, 0.3) is 12.2 Å². The number of hydrogen-bond donors (Lipinski definition) is 0. The lowest BCUT2D eigenvalue weighted by molar-refractivity contribution is -0.160. The molecule has 0 spiro atoms. The SMILES string of the molecule is COC1O[C@H](COC(=O)/C=C/c2ccccc2)[C@@H](OC(=O)/C=C/c2ccccc2)[C@@H]1F. The van der Waals surface area contributed by atoms with Gasteiger partial charge >= 0.3 is 11.9 Å². The molecule has 3 rings (SSSR count). The number of rotatable bonds is 8. The van der Waals surface area contributed by atoms with Gasteiger partial charge in [0.05, 0.1) is 0 Å². The zero-order valence-corrected chi connectivity index (χ0v) is 16.9. The average molecular weight is 426 g/mol. The van der Waals surface area contributed by atoms with Crippen LogP contribution in [0.5, 0.6) is 0 Å². The van der Waals surface area contributed by atoms with Gasteiger partial charge < -0.3 is 18.9 Å². The fraction of sp³-hybridized carbons (Fsp3) is 0.250. The van der Waals surface area contributed by atoms with Gasteiger partial charge in [-0.3, -0.25) is 0 Å². The summed E-state index contributed by atoms with van der Waals surface area (Å²) in [6, 6.07) is 18.3. The monoisotopic (exact) mass is 426 g/mol. The molecule has 0 aliphatic carbocycles. The lowest BCUT2D eigenvalue weighted by Gasteiger charge is -2.18. The van der Waals surface area contributed by atoms with E-state index < -0.39 is 36.6 Å². The summed E-state index contributed by atoms with van der Waals surface area (Å²) >= 11 is 0. The number of carbonyl (C=O) groups is 2. The van der Waals surface area contributed by atoms with Crippen LogP contribution in [0.15, 0.2) is 72.8 Å². The van der Waals surface area contributed by atoms with E-state index in [-0.39, 0.29) is 6.61 Å². The number of ether oxygens (including phenoxy) is 4. The second kappa shape index (κ2) is 11.2. The van der Waals surface area contributed by atoms with Crippen molar-refractivity contribution >= 4 is 24.1 Å². The van der Waals surface area contributed by atoms with E-state index in [9.17, 15) is 14.0 Å². The van der Waals surface area contributed by atoms with E-state index in [0.717, 1.165) is 11.1 Å². The van der Waals surface area contributed by atoms with Crippen molar-refractivity contribution in [2.24, 2.45) is 0 Å². The van der Waals surface area contributed by atoms with E-state index in [1.807, 2.05) is 60.7 Å². The highest BCUT2D eigenvalue weighted by atomic mass is 19.1. The molecule has 1 aliphatic rings. The first-order chi connectivity index (χ1) is 15.1. The fourth-order valence-electron chi connectivity index (χ4n) is 2.99. The minimum absolute atomic E-state index is 0.293. The molecule has 31 heavy (non-hydrogen) atoms. The molecule has 2 aromatic rings. The third-order valence-corrected chi connectivity index (χ3v) is 4.55. The topological polar surface area (TPSA) is 71.1 Å². The third-order valence-electron chi connectivity index (χ3n) is 4.55. The normalized spacial score (nSPS) is 23.3. The van der Waals surface area contributed by atoms with Crippen molar-refractivity contribution < 1.29 is 32.9 Å². The van der Waals surface area contributed by atoms with Crippen molar-refractivity contribution in [3.8, 4) is 0 Å². The summed E-state index contributed by atoms with van der Waals surface area (Å²) in [6.45, 7) is -0.293. The summed E-state index contributed by atoms with van der Waals surface area (Å²) in [5.41, 5.74) is 1.63. The number of benzene rings is 2. The summed E-state index contributed by atoms with van der Waals surface area (Å²) in [5, 5.41) is 0. The maximum absolute atomic E-state index is 14.6. The van der Waals surface area contributed by atoms with Crippen LogP contribution in [0.1, 0.15) is 11.1 Å². The molecule has 6 nitrogen and oxygen atoms in total. The highest BCUT2D eigenvalue weighted by Crippen LogP contribution is 2.28. The largest absolute Gasteiger partial charge is 0.460 e. The molecular weight excluding hydrogens is 403 g/mol. The first-order valence-electron chi connectivity index (χ1n) is 9.73. The summed E-state index contributed by atoms with van der Waals surface area (Å²) in [4.78, 5) is 24.2. The Kier molecular flexibility index (Phi) is 8.09. The summed E-state index contributed by atoms with van der Waals surface area (Å²) in [5.74, 6) is -1.37. The van der Waals surface area contributed by atoms with E-state index in [4.69, 9.17) is 18.9 Å². The van der Waals surface area contributed by atoms with Crippen molar-refractivity contribution in [2.75, 3.05) is 13.7 Å². The van der Waals surface area contributed by atoms with Gasteiger partial charge in [-0.1, -0.05) is 60.7 Å². The Morgan fingerprint density at radius 1 is 0.935 bits per heavy atom. The molecule has 7 heteroatoms. The molecule has 1 saturated heterocycles. The van der Waals surface area contributed by atoms with Crippen LogP contribution in [-0.2, 0) is 28.5 Å². The smallest absolute Gasteiger partial charge is 0.331 e. The molecule has 0 bridgehead atoms. The van der Waals surface area contributed by atoms with E-state index in [2.05, 4.69) is 0 Å². The average Bonchev–Trinajstić information content (AvgIpc) is 3.10. The summed E-state index contributed by atoms with van der Waals surface area (Å²) in [6.07, 6.45) is 0.402. The molecule has 162 valence electrons. The lowest BCUT2D eigenvalue weighted by atomic mass is 10.1. The fourth-order valence-corrected chi connectivity index (χ4v) is 2.99. The molecule has 1 unspecified atom stereocenters. The molecule has 1 aliphatic heterocycles. The van der Waals surface area contributed by atoms with Crippen LogP contribution in [0.4, 0.5) is 4.39 Å². The number of halogens is 1. The van der Waals surface area contributed by atoms with Crippen LogP contribution in [0.2, 0.25) is 0 Å². The Bertz CT molecular complexity index is 912. The number of esters is 2. The molecule has 0 aromatic heterocycles. The van der Waals surface area contributed by atoms with E-state index in [0.29, 0.717) is 0 Å². The van der Waals surface area contributed by atoms with Gasteiger partial charge in [0.25, 0.3) is 0 Å². The Hall–Kier alpha value is -3.29. The van der Waals surface area contributed by atoms with Gasteiger partial charge in [0.1, 0.15) is 12.7 Å². The maximum atomic E-state index is 14.6. The predicted octanol–water partition coefficient (Wildman–Crippen LogP) is 3.58. The second-order valence-corrected chi connectivity index (χ2v) is 6.74. The minimum Gasteiger partial charge on any atom is -0.460 e. The van der Waals surface area contributed by atoms with Crippen molar-refractivity contribution in [3.05, 3.63) is 83.9 Å². The van der Waals surface area contributed by atoms with Crippen molar-refractivity contribution in [1.82, 2.24) is 0 Å². The summed E-state index contributed by atoms with van der Waals surface area (Å²) < 4.78 is 35.4. The van der Waals surface area contributed by atoms with Crippen LogP contribution >= 0.6 is 0 Å². The minimum atomic E-state index is -1.72. The van der Waals surface area contributed by atoms with Crippen LogP contribution in [0.3, 0.4) is 0 Å². The van der Waals surface area contributed by atoms with E-state index in [1.165, 1.54) is 19.3 Å². The molecule has 0 radical (unpaired) electrons. The van der Waals surface area contributed by atoms with E-state index >= 15 is 0 Å². The van der Waals surface area contributed by atoms with Gasteiger partial charge in [0.2, 0.25) is 0 Å². The van der Waals surface area contributed by atoms with Gasteiger partial charge in [-0.25, -0.2) is 14.0 Å². The van der Waals surface area contributed by atoms with Crippen LogP contribution < -0.4 is 0 Å². The Labute approximate surface area is 179 Å². The van der Waals surface area contributed by atoms with Gasteiger partial charge in [-0.2, -0.15) is 0 Å². The van der Waals surface area contributed by atoms with Crippen molar-refractivity contribution in [2.45, 2.75) is 24.7 Å². The first kappa shape index (κ1) is 22.4. The quantitative estimate of drug-likeness (QED) is 0.475. The standard InChI is InChI=1S/C24H23FO6/c1-28-24-22(25)23(31-21(27)15-13-18-10-6-3-7-11-18)19(30-24)16-29-20(26)14-12-17-8-4-2-5-9-17/h2-15,19,22-24H,16H2,1H3/b14-12+,15-13+/t19-,22+,23-,24?/m1/s1. The molecule has 0 N–H and O–H groups in total. The Morgan fingerprint density at radius 2 is 1.48 bits per heavy atom. The molecular formula is C24H23FO6. The van der Waals surface area contributed by atoms with E-state index in [1.54, 1.807) is 12.2 Å². The van der Waals surface area contributed by atoms with Gasteiger partial charge in [0.15, 0.2) is 18.6 Å². The zero-order valence-electron chi connectivity index (χ0n) is 16.9. The summed E-state index contributed by atoms with van der Waals surface area (Å²) in [7, 11) is 1.28. The highest BCUT2D eigenvalue weighted by Gasteiger charge is 2.48. The predicted molar refractivity (Wildman–Crippen MR) is 112 cm³/mol. The maximum Gasteiger partial charge on any atom is 0.331 e. The van der Waals surface area contributed by atoms with Crippen LogP contribution in [-0.4, -0.2) is 50.3 Å². The first-order valence-corrected chi connectivity index (χ1v) is 9.73.